The Morgan fingerprint density at radius 3 is 2.68 bits per heavy atom. The third-order valence-electron chi connectivity index (χ3n) is 3.00. The average molecular weight is 326 g/mol. The fourth-order valence-corrected chi connectivity index (χ4v) is 2.14. The highest BCUT2D eigenvalue weighted by Gasteiger charge is 2.14. The molecule has 0 aliphatic heterocycles. The normalized spacial score (nSPS) is 11.8. The van der Waals surface area contributed by atoms with Crippen molar-refractivity contribution in [1.82, 2.24) is 5.32 Å². The molecule has 2 aromatic rings. The number of benzene rings is 2. The fraction of sp³-hybridized carbons (Fsp3) is 0.188. The minimum atomic E-state index is -0.499. The number of ether oxygens (including phenoxy) is 1. The van der Waals surface area contributed by atoms with E-state index >= 15 is 0 Å². The summed E-state index contributed by atoms with van der Waals surface area (Å²) in [6.45, 7) is 1.37. The molecule has 0 heterocycles. The molecule has 1 amide bonds. The first-order valence-corrected chi connectivity index (χ1v) is 6.97. The van der Waals surface area contributed by atoms with E-state index in [2.05, 4.69) is 5.32 Å². The monoisotopic (exact) mass is 325 g/mol. The van der Waals surface area contributed by atoms with E-state index in [4.69, 9.17) is 16.3 Å². The molecule has 2 aromatic carbocycles. The van der Waals surface area contributed by atoms with Crippen LogP contribution >= 0.6 is 11.6 Å². The Hall–Kier alpha value is -2.14. The largest absolute Gasteiger partial charge is 0.482 e. The highest BCUT2D eigenvalue weighted by atomic mass is 35.5. The SMILES string of the molecule is CC(NC(=O)COc1ccc(F)cc1Cl)c1ccccc1F. The summed E-state index contributed by atoms with van der Waals surface area (Å²) in [6, 6.07) is 9.30. The summed E-state index contributed by atoms with van der Waals surface area (Å²) in [5.41, 5.74) is 0.385. The Morgan fingerprint density at radius 2 is 2.00 bits per heavy atom. The number of carbonyl (C=O) groups excluding carboxylic acids is 1. The number of hydrogen-bond donors (Lipinski definition) is 1. The third kappa shape index (κ3) is 4.18. The van der Waals surface area contributed by atoms with Gasteiger partial charge in [-0.25, -0.2) is 8.78 Å². The molecule has 2 rings (SSSR count). The molecule has 1 unspecified atom stereocenters. The molecule has 0 aliphatic carbocycles. The van der Waals surface area contributed by atoms with Gasteiger partial charge in [-0.05, 0) is 31.2 Å². The lowest BCUT2D eigenvalue weighted by molar-refractivity contribution is -0.123. The number of hydrogen-bond acceptors (Lipinski definition) is 2. The van der Waals surface area contributed by atoms with E-state index in [1.807, 2.05) is 0 Å². The molecule has 116 valence electrons. The third-order valence-corrected chi connectivity index (χ3v) is 3.30. The Morgan fingerprint density at radius 1 is 1.27 bits per heavy atom. The molecule has 1 N–H and O–H groups in total. The quantitative estimate of drug-likeness (QED) is 0.906. The van der Waals surface area contributed by atoms with Crippen molar-refractivity contribution in [2.75, 3.05) is 6.61 Å². The zero-order chi connectivity index (χ0) is 16.1. The Balaban J connectivity index is 1.92. The summed E-state index contributed by atoms with van der Waals surface area (Å²) < 4.78 is 31.7. The topological polar surface area (TPSA) is 38.3 Å². The van der Waals surface area contributed by atoms with Crippen LogP contribution in [0.3, 0.4) is 0 Å². The average Bonchev–Trinajstić information content (AvgIpc) is 2.46. The van der Waals surface area contributed by atoms with Crippen molar-refractivity contribution in [2.24, 2.45) is 0 Å². The molecule has 1 atom stereocenters. The van der Waals surface area contributed by atoms with Crippen molar-refractivity contribution in [3.05, 3.63) is 64.7 Å². The number of nitrogens with one attached hydrogen (secondary N) is 1. The van der Waals surface area contributed by atoms with E-state index in [-0.39, 0.29) is 17.4 Å². The summed E-state index contributed by atoms with van der Waals surface area (Å²) in [5.74, 6) is -1.11. The number of carbonyl (C=O) groups is 1. The summed E-state index contributed by atoms with van der Waals surface area (Å²) in [5, 5.41) is 2.70. The molecule has 0 spiro atoms. The van der Waals surface area contributed by atoms with Crippen LogP contribution in [-0.2, 0) is 4.79 Å². The smallest absolute Gasteiger partial charge is 0.258 e. The van der Waals surface area contributed by atoms with Gasteiger partial charge < -0.3 is 10.1 Å². The van der Waals surface area contributed by atoms with Crippen molar-refractivity contribution in [3.63, 3.8) is 0 Å². The van der Waals surface area contributed by atoms with Crippen LogP contribution in [0.4, 0.5) is 8.78 Å². The van der Waals surface area contributed by atoms with Gasteiger partial charge in [-0.3, -0.25) is 4.79 Å². The number of amides is 1. The maximum absolute atomic E-state index is 13.6. The van der Waals surface area contributed by atoms with E-state index in [9.17, 15) is 13.6 Å². The van der Waals surface area contributed by atoms with Crippen LogP contribution in [-0.4, -0.2) is 12.5 Å². The van der Waals surface area contributed by atoms with Gasteiger partial charge in [0.1, 0.15) is 17.4 Å². The van der Waals surface area contributed by atoms with Crippen molar-refractivity contribution < 1.29 is 18.3 Å². The van der Waals surface area contributed by atoms with Crippen molar-refractivity contribution in [1.29, 1.82) is 0 Å². The van der Waals surface area contributed by atoms with Crippen molar-refractivity contribution in [2.45, 2.75) is 13.0 Å². The highest BCUT2D eigenvalue weighted by Crippen LogP contribution is 2.24. The minimum absolute atomic E-state index is 0.0787. The first kappa shape index (κ1) is 16.2. The zero-order valence-corrected chi connectivity index (χ0v) is 12.5. The number of rotatable bonds is 5. The molecule has 6 heteroatoms. The number of halogens is 3. The Kier molecular flexibility index (Phi) is 5.33. The molecule has 0 saturated heterocycles. The first-order valence-electron chi connectivity index (χ1n) is 6.59. The molecule has 22 heavy (non-hydrogen) atoms. The molecule has 0 saturated carbocycles. The van der Waals surface area contributed by atoms with Gasteiger partial charge in [-0.2, -0.15) is 0 Å². The van der Waals surface area contributed by atoms with Gasteiger partial charge in [-0.15, -0.1) is 0 Å². The van der Waals surface area contributed by atoms with Crippen molar-refractivity contribution in [3.8, 4) is 5.75 Å². The van der Waals surface area contributed by atoms with Crippen molar-refractivity contribution >= 4 is 17.5 Å². The molecule has 0 radical (unpaired) electrons. The lowest BCUT2D eigenvalue weighted by Gasteiger charge is -2.15. The second kappa shape index (κ2) is 7.22. The van der Waals surface area contributed by atoms with Crippen LogP contribution in [0.5, 0.6) is 5.75 Å². The molecular weight excluding hydrogens is 312 g/mol. The molecule has 0 aliphatic rings. The van der Waals surface area contributed by atoms with Crippen LogP contribution in [0, 0.1) is 11.6 Å². The predicted molar refractivity (Wildman–Crippen MR) is 79.9 cm³/mol. The van der Waals surface area contributed by atoms with Crippen LogP contribution in [0.15, 0.2) is 42.5 Å². The molecule has 0 aromatic heterocycles. The van der Waals surface area contributed by atoms with Gasteiger partial charge in [0.05, 0.1) is 11.1 Å². The van der Waals surface area contributed by atoms with Gasteiger partial charge in [-0.1, -0.05) is 29.8 Å². The summed E-state index contributed by atoms with van der Waals surface area (Å²) in [4.78, 5) is 11.8. The summed E-state index contributed by atoms with van der Waals surface area (Å²) in [6.07, 6.45) is 0. The molecule has 0 bridgehead atoms. The van der Waals surface area contributed by atoms with Gasteiger partial charge in [0.25, 0.3) is 5.91 Å². The van der Waals surface area contributed by atoms with E-state index in [0.717, 1.165) is 6.07 Å². The molecular formula is C16H14ClF2NO2. The van der Waals surface area contributed by atoms with Gasteiger partial charge in [0.15, 0.2) is 6.61 Å². The van der Waals surface area contributed by atoms with E-state index in [1.54, 1.807) is 25.1 Å². The minimum Gasteiger partial charge on any atom is -0.482 e. The first-order chi connectivity index (χ1) is 10.5. The van der Waals surface area contributed by atoms with Gasteiger partial charge in [0, 0.05) is 5.56 Å². The fourth-order valence-electron chi connectivity index (χ4n) is 1.92. The maximum Gasteiger partial charge on any atom is 0.258 e. The highest BCUT2D eigenvalue weighted by molar-refractivity contribution is 6.32. The van der Waals surface area contributed by atoms with Gasteiger partial charge in [0.2, 0.25) is 0 Å². The van der Waals surface area contributed by atoms with E-state index < -0.39 is 23.6 Å². The molecule has 3 nitrogen and oxygen atoms in total. The van der Waals surface area contributed by atoms with Crippen LogP contribution in [0.25, 0.3) is 0 Å². The summed E-state index contributed by atoms with van der Waals surface area (Å²) >= 11 is 5.79. The van der Waals surface area contributed by atoms with Crippen LogP contribution < -0.4 is 10.1 Å². The zero-order valence-electron chi connectivity index (χ0n) is 11.8. The maximum atomic E-state index is 13.6. The Bertz CT molecular complexity index is 679. The van der Waals surface area contributed by atoms with Crippen LogP contribution in [0.2, 0.25) is 5.02 Å². The Labute approximate surface area is 131 Å². The van der Waals surface area contributed by atoms with E-state index in [1.165, 1.54) is 18.2 Å². The van der Waals surface area contributed by atoms with Gasteiger partial charge >= 0.3 is 0 Å². The predicted octanol–water partition coefficient (Wildman–Crippen LogP) is 3.87. The van der Waals surface area contributed by atoms with E-state index in [0.29, 0.717) is 5.56 Å². The lowest BCUT2D eigenvalue weighted by Crippen LogP contribution is -2.31. The second-order valence-corrected chi connectivity index (χ2v) is 5.08. The second-order valence-electron chi connectivity index (χ2n) is 4.67. The standard InChI is InChI=1S/C16H14ClF2NO2/c1-10(12-4-2-3-5-14(12)19)20-16(21)9-22-15-7-6-11(18)8-13(15)17/h2-8,10H,9H2,1H3,(H,20,21). The lowest BCUT2D eigenvalue weighted by atomic mass is 10.1. The molecule has 0 fully saturated rings. The summed E-state index contributed by atoms with van der Waals surface area (Å²) in [7, 11) is 0. The van der Waals surface area contributed by atoms with Crippen LogP contribution in [0.1, 0.15) is 18.5 Å².